The van der Waals surface area contributed by atoms with Crippen LogP contribution in [-0.4, -0.2) is 66.7 Å². The first-order valence-corrected chi connectivity index (χ1v) is 16.1. The number of hydrogen-bond acceptors (Lipinski definition) is 7. The molecule has 0 aromatic carbocycles. The number of rotatable bonds is 7. The highest BCUT2D eigenvalue weighted by molar-refractivity contribution is 5.97. The summed E-state index contributed by atoms with van der Waals surface area (Å²) >= 11 is 0. The van der Waals surface area contributed by atoms with Crippen LogP contribution >= 0.6 is 0 Å². The van der Waals surface area contributed by atoms with Gasteiger partial charge in [0.2, 0.25) is 0 Å². The van der Waals surface area contributed by atoms with Gasteiger partial charge in [-0.3, -0.25) is 9.20 Å². The number of nitrogens with one attached hydrogen (secondary N) is 1. The van der Waals surface area contributed by atoms with Gasteiger partial charge in [-0.05, 0) is 96.9 Å². The maximum Gasteiger partial charge on any atom is 0.407 e. The highest BCUT2D eigenvalue weighted by Gasteiger charge is 2.49. The van der Waals surface area contributed by atoms with Crippen LogP contribution in [0.15, 0.2) is 30.3 Å². The van der Waals surface area contributed by atoms with Crippen LogP contribution in [0.3, 0.4) is 0 Å². The van der Waals surface area contributed by atoms with E-state index in [2.05, 4.69) is 22.0 Å². The number of nitrogens with zero attached hydrogens (tertiary/aromatic N) is 5. The second-order valence-electron chi connectivity index (χ2n) is 14.0. The Hall–Kier alpha value is -4.12. The number of carbonyl (C=O) groups is 2. The van der Waals surface area contributed by atoms with Crippen LogP contribution in [-0.2, 0) is 11.3 Å². The molecule has 4 aromatic rings. The molecule has 45 heavy (non-hydrogen) atoms. The molecule has 2 bridgehead atoms. The Morgan fingerprint density at radius 3 is 2.58 bits per heavy atom. The van der Waals surface area contributed by atoms with Gasteiger partial charge in [0.05, 0.1) is 36.3 Å². The number of carbonyl (C=O) groups excluding carboxylic acids is 2. The summed E-state index contributed by atoms with van der Waals surface area (Å²) < 4.78 is 15.6. The van der Waals surface area contributed by atoms with E-state index < -0.39 is 11.7 Å². The van der Waals surface area contributed by atoms with Crippen LogP contribution in [0.2, 0.25) is 0 Å². The lowest BCUT2D eigenvalue weighted by molar-refractivity contribution is 0.0484. The number of imidazole rings is 1. The molecule has 1 aliphatic carbocycles. The number of aryl methyl sites for hydroxylation is 1. The molecule has 3 N–H and O–H groups in total. The quantitative estimate of drug-likeness (QED) is 0.287. The Morgan fingerprint density at radius 2 is 1.89 bits per heavy atom. The SMILES string of the molecule is COc1cc(C(=O)N2[C@H]3CC[C@@H]2[C@H](NC(=O)OC(C)(C)C)C3)cc2nc(-c3cc4ccc([C@@H](C)N)nc4n3CC3CC3)c(C)n12. The van der Waals surface area contributed by atoms with Gasteiger partial charge in [0.15, 0.2) is 5.88 Å². The molecule has 2 saturated heterocycles. The van der Waals surface area contributed by atoms with Crippen LogP contribution in [0, 0.1) is 12.8 Å². The predicted octanol–water partition coefficient (Wildman–Crippen LogP) is 5.37. The minimum absolute atomic E-state index is 0.0634. The fourth-order valence-electron chi connectivity index (χ4n) is 7.20. The third kappa shape index (κ3) is 5.30. The average Bonchev–Trinajstić information content (AvgIpc) is 3.29. The molecule has 11 heteroatoms. The van der Waals surface area contributed by atoms with E-state index in [1.165, 1.54) is 12.8 Å². The van der Waals surface area contributed by atoms with Crippen molar-refractivity contribution in [3.8, 4) is 17.3 Å². The minimum atomic E-state index is -0.584. The third-order valence-electron chi connectivity index (χ3n) is 9.46. The molecule has 238 valence electrons. The number of alkyl carbamates (subject to hydrolysis) is 1. The first kappa shape index (κ1) is 29.6. The number of aromatic nitrogens is 4. The van der Waals surface area contributed by atoms with E-state index in [-0.39, 0.29) is 30.1 Å². The van der Waals surface area contributed by atoms with E-state index in [1.54, 1.807) is 13.2 Å². The number of ether oxygens (including phenoxy) is 2. The number of hydrogen-bond donors (Lipinski definition) is 2. The second-order valence-corrected chi connectivity index (χ2v) is 14.0. The van der Waals surface area contributed by atoms with Gasteiger partial charge in [-0.15, -0.1) is 0 Å². The molecule has 0 radical (unpaired) electrons. The number of fused-ring (bicyclic) bond motifs is 4. The topological polar surface area (TPSA) is 129 Å². The molecule has 6 heterocycles. The Kier molecular flexibility index (Phi) is 7.07. The van der Waals surface area contributed by atoms with Gasteiger partial charge in [-0.1, -0.05) is 0 Å². The largest absolute Gasteiger partial charge is 0.482 e. The molecule has 1 saturated carbocycles. The molecule has 3 aliphatic rings. The van der Waals surface area contributed by atoms with Gasteiger partial charge in [-0.25, -0.2) is 14.8 Å². The zero-order chi connectivity index (χ0) is 31.8. The number of nitrogens with two attached hydrogens (primary N) is 1. The van der Waals surface area contributed by atoms with Crippen LogP contribution < -0.4 is 15.8 Å². The Morgan fingerprint density at radius 1 is 1.11 bits per heavy atom. The molecule has 3 fully saturated rings. The van der Waals surface area contributed by atoms with Crippen molar-refractivity contribution in [2.45, 2.75) is 103 Å². The maximum atomic E-state index is 14.1. The van der Waals surface area contributed by atoms with E-state index >= 15 is 0 Å². The van der Waals surface area contributed by atoms with E-state index in [0.29, 0.717) is 29.4 Å². The van der Waals surface area contributed by atoms with E-state index in [0.717, 1.165) is 53.2 Å². The zero-order valence-corrected chi connectivity index (χ0v) is 27.0. The normalized spacial score (nSPS) is 21.9. The predicted molar refractivity (Wildman–Crippen MR) is 171 cm³/mol. The van der Waals surface area contributed by atoms with Crippen LogP contribution in [0.5, 0.6) is 5.88 Å². The monoisotopic (exact) mass is 613 g/mol. The number of amides is 2. The molecule has 7 rings (SSSR count). The van der Waals surface area contributed by atoms with Crippen molar-refractivity contribution in [2.75, 3.05) is 7.11 Å². The van der Waals surface area contributed by atoms with E-state index in [1.807, 2.05) is 56.1 Å². The smallest absolute Gasteiger partial charge is 0.407 e. The first-order valence-electron chi connectivity index (χ1n) is 16.1. The highest BCUT2D eigenvalue weighted by atomic mass is 16.6. The molecule has 4 atom stereocenters. The van der Waals surface area contributed by atoms with E-state index in [9.17, 15) is 9.59 Å². The lowest BCUT2D eigenvalue weighted by Gasteiger charge is -2.27. The van der Waals surface area contributed by atoms with Gasteiger partial charge in [0.1, 0.15) is 22.6 Å². The van der Waals surface area contributed by atoms with Crippen LogP contribution in [0.25, 0.3) is 28.1 Å². The molecule has 0 spiro atoms. The molecule has 2 aliphatic heterocycles. The number of pyridine rings is 2. The molecular formula is C34H43N7O4. The number of methoxy groups -OCH3 is 1. The van der Waals surface area contributed by atoms with Gasteiger partial charge in [-0.2, -0.15) is 0 Å². The van der Waals surface area contributed by atoms with Gasteiger partial charge in [0.25, 0.3) is 5.91 Å². The summed E-state index contributed by atoms with van der Waals surface area (Å²) in [5.41, 5.74) is 11.3. The molecule has 2 amide bonds. The summed E-state index contributed by atoms with van der Waals surface area (Å²) in [6.07, 6.45) is 4.45. The molecule has 0 unspecified atom stereocenters. The highest BCUT2D eigenvalue weighted by Crippen LogP contribution is 2.40. The Bertz CT molecular complexity index is 1810. The van der Waals surface area contributed by atoms with Crippen molar-refractivity contribution >= 4 is 28.7 Å². The minimum Gasteiger partial charge on any atom is -0.482 e. The Balaban J connectivity index is 1.24. The van der Waals surface area contributed by atoms with Gasteiger partial charge in [0, 0.05) is 35.6 Å². The summed E-state index contributed by atoms with van der Waals surface area (Å²) in [6, 6.07) is 9.58. The summed E-state index contributed by atoms with van der Waals surface area (Å²) in [4.78, 5) is 38.6. The van der Waals surface area contributed by atoms with Crippen molar-refractivity contribution in [3.05, 3.63) is 47.3 Å². The second kappa shape index (κ2) is 10.8. The standard InChI is InChI=1S/C34H43N7O4/c1-18(35)24-11-9-21-13-27(39(31(21)36-24)17-20-7-8-20)30-19(2)40-28(38-30)14-22(15-29(40)44-6)32(42)41-23-10-12-26(41)25(16-23)37-33(43)45-34(3,4)5/h9,11,13-15,18,20,23,25-26H,7-8,10,12,16-17,35H2,1-6H3,(H,37,43)/t18-,23+,25-,26-/m1/s1. The summed E-state index contributed by atoms with van der Waals surface area (Å²) in [6.45, 7) is 10.4. The first-order chi connectivity index (χ1) is 21.4. The van der Waals surface area contributed by atoms with Crippen molar-refractivity contribution in [2.24, 2.45) is 11.7 Å². The fourth-order valence-corrected chi connectivity index (χ4v) is 7.20. The fraction of sp³-hybridized carbons (Fsp3) is 0.529. The maximum absolute atomic E-state index is 14.1. The summed E-state index contributed by atoms with van der Waals surface area (Å²) in [5, 5.41) is 4.07. The lowest BCUT2D eigenvalue weighted by atomic mass is 9.96. The summed E-state index contributed by atoms with van der Waals surface area (Å²) in [7, 11) is 1.62. The van der Waals surface area contributed by atoms with Crippen LogP contribution in [0.4, 0.5) is 4.79 Å². The van der Waals surface area contributed by atoms with Gasteiger partial charge < -0.3 is 30.0 Å². The zero-order valence-electron chi connectivity index (χ0n) is 27.0. The average molecular weight is 614 g/mol. The van der Waals surface area contributed by atoms with Gasteiger partial charge >= 0.3 is 6.09 Å². The van der Waals surface area contributed by atoms with E-state index in [4.69, 9.17) is 25.2 Å². The van der Waals surface area contributed by atoms with Crippen molar-refractivity contribution in [1.29, 1.82) is 0 Å². The van der Waals surface area contributed by atoms with Crippen molar-refractivity contribution in [3.63, 3.8) is 0 Å². The lowest BCUT2D eigenvalue weighted by Crippen LogP contribution is -2.46. The Labute approximate surface area is 263 Å². The molecular weight excluding hydrogens is 570 g/mol. The molecule has 4 aromatic heterocycles. The van der Waals surface area contributed by atoms with Crippen molar-refractivity contribution < 1.29 is 19.1 Å². The molecule has 11 nitrogen and oxygen atoms in total. The summed E-state index contributed by atoms with van der Waals surface area (Å²) in [5.74, 6) is 1.10. The van der Waals surface area contributed by atoms with Crippen LogP contribution in [0.1, 0.15) is 87.6 Å². The van der Waals surface area contributed by atoms with Crippen molar-refractivity contribution in [1.82, 2.24) is 29.2 Å². The third-order valence-corrected chi connectivity index (χ3v) is 9.46.